The van der Waals surface area contributed by atoms with Gasteiger partial charge in [-0.25, -0.2) is 4.68 Å². The van der Waals surface area contributed by atoms with E-state index in [1.165, 1.54) is 0 Å². The second-order valence-corrected chi connectivity index (χ2v) is 5.34. The van der Waals surface area contributed by atoms with E-state index in [0.717, 1.165) is 47.2 Å². The van der Waals surface area contributed by atoms with E-state index < -0.39 is 0 Å². The van der Waals surface area contributed by atoms with E-state index in [0.29, 0.717) is 0 Å². The Morgan fingerprint density at radius 2 is 2.00 bits per heavy atom. The van der Waals surface area contributed by atoms with Crippen LogP contribution in [0, 0.1) is 6.92 Å². The molecule has 0 aliphatic carbocycles. The molecule has 0 spiro atoms. The lowest BCUT2D eigenvalue weighted by Gasteiger charge is -2.03. The zero-order valence-electron chi connectivity index (χ0n) is 12.4. The molecule has 0 aliphatic rings. The second-order valence-electron chi connectivity index (χ2n) is 5.34. The van der Waals surface area contributed by atoms with Crippen molar-refractivity contribution in [2.45, 2.75) is 33.1 Å². The standard InChI is InChI=1S/C17H19N3O/c1-3-4-10-14-16-15(11-12(2)18-17(16)21)20(19-14)13-8-6-5-7-9-13/h5-9,11H,3-4,10H2,1-2H3,(H,18,21). The molecule has 108 valence electrons. The second kappa shape index (κ2) is 5.56. The van der Waals surface area contributed by atoms with Gasteiger partial charge in [0.2, 0.25) is 0 Å². The first-order valence-corrected chi connectivity index (χ1v) is 7.37. The number of para-hydroxylation sites is 1. The van der Waals surface area contributed by atoms with Crippen molar-refractivity contribution in [3.63, 3.8) is 0 Å². The first-order chi connectivity index (χ1) is 10.2. The summed E-state index contributed by atoms with van der Waals surface area (Å²) in [6, 6.07) is 11.9. The van der Waals surface area contributed by atoms with Crippen molar-refractivity contribution in [1.82, 2.24) is 14.8 Å². The van der Waals surface area contributed by atoms with Gasteiger partial charge in [0, 0.05) is 5.69 Å². The molecule has 0 saturated heterocycles. The number of aromatic amines is 1. The summed E-state index contributed by atoms with van der Waals surface area (Å²) in [5, 5.41) is 5.42. The summed E-state index contributed by atoms with van der Waals surface area (Å²) in [4.78, 5) is 15.2. The van der Waals surface area contributed by atoms with Gasteiger partial charge in [0.1, 0.15) is 0 Å². The molecule has 3 aromatic rings. The van der Waals surface area contributed by atoms with Gasteiger partial charge in [-0.1, -0.05) is 31.5 Å². The van der Waals surface area contributed by atoms with E-state index in [9.17, 15) is 4.79 Å². The highest BCUT2D eigenvalue weighted by Gasteiger charge is 2.15. The predicted molar refractivity (Wildman–Crippen MR) is 85.0 cm³/mol. The Balaban J connectivity index is 2.27. The molecule has 21 heavy (non-hydrogen) atoms. The van der Waals surface area contributed by atoms with Gasteiger partial charge in [0.05, 0.1) is 22.3 Å². The Morgan fingerprint density at radius 3 is 2.71 bits per heavy atom. The maximum absolute atomic E-state index is 12.3. The molecule has 1 N–H and O–H groups in total. The van der Waals surface area contributed by atoms with Crippen molar-refractivity contribution in [2.24, 2.45) is 0 Å². The van der Waals surface area contributed by atoms with Gasteiger partial charge >= 0.3 is 0 Å². The molecule has 4 nitrogen and oxygen atoms in total. The summed E-state index contributed by atoms with van der Waals surface area (Å²) >= 11 is 0. The van der Waals surface area contributed by atoms with Crippen LogP contribution in [0.4, 0.5) is 0 Å². The number of nitrogens with zero attached hydrogens (tertiary/aromatic N) is 2. The molecule has 0 aliphatic heterocycles. The number of hydrogen-bond acceptors (Lipinski definition) is 2. The fourth-order valence-electron chi connectivity index (χ4n) is 2.63. The number of aromatic nitrogens is 3. The molecule has 2 heterocycles. The molecule has 0 radical (unpaired) electrons. The molecular formula is C17H19N3O. The van der Waals surface area contributed by atoms with Crippen LogP contribution in [0.3, 0.4) is 0 Å². The third-order valence-corrected chi connectivity index (χ3v) is 3.65. The van der Waals surface area contributed by atoms with Gasteiger partial charge in [-0.15, -0.1) is 0 Å². The van der Waals surface area contributed by atoms with E-state index in [4.69, 9.17) is 5.10 Å². The number of pyridine rings is 1. The minimum atomic E-state index is -0.0433. The molecule has 2 aromatic heterocycles. The molecule has 0 atom stereocenters. The van der Waals surface area contributed by atoms with Crippen molar-refractivity contribution in [3.05, 3.63) is 58.1 Å². The zero-order chi connectivity index (χ0) is 14.8. The topological polar surface area (TPSA) is 50.7 Å². The Kier molecular flexibility index (Phi) is 3.60. The predicted octanol–water partition coefficient (Wildman–Crippen LogP) is 3.36. The van der Waals surface area contributed by atoms with Gasteiger partial charge < -0.3 is 4.98 Å². The summed E-state index contributed by atoms with van der Waals surface area (Å²) in [5.41, 5.74) is 3.56. The lowest BCUT2D eigenvalue weighted by atomic mass is 10.1. The first kappa shape index (κ1) is 13.6. The zero-order valence-corrected chi connectivity index (χ0v) is 12.4. The molecule has 0 unspecified atom stereocenters. The highest BCUT2D eigenvalue weighted by Crippen LogP contribution is 2.21. The maximum atomic E-state index is 12.3. The van der Waals surface area contributed by atoms with Crippen LogP contribution in [-0.4, -0.2) is 14.8 Å². The summed E-state index contributed by atoms with van der Waals surface area (Å²) in [7, 11) is 0. The van der Waals surface area contributed by atoms with Crippen LogP contribution >= 0.6 is 0 Å². The fourth-order valence-corrected chi connectivity index (χ4v) is 2.63. The monoisotopic (exact) mass is 281 g/mol. The van der Waals surface area contributed by atoms with Crippen molar-refractivity contribution < 1.29 is 0 Å². The third kappa shape index (κ3) is 2.49. The van der Waals surface area contributed by atoms with Crippen LogP contribution in [0.1, 0.15) is 31.2 Å². The molecule has 0 amide bonds. The number of nitrogens with one attached hydrogen (secondary N) is 1. The average Bonchev–Trinajstić information content (AvgIpc) is 2.85. The lowest BCUT2D eigenvalue weighted by molar-refractivity contribution is 0.758. The molecule has 0 saturated carbocycles. The minimum Gasteiger partial charge on any atom is -0.326 e. The average molecular weight is 281 g/mol. The van der Waals surface area contributed by atoms with Crippen LogP contribution in [0.15, 0.2) is 41.2 Å². The quantitative estimate of drug-likeness (QED) is 0.797. The van der Waals surface area contributed by atoms with E-state index in [1.54, 1.807) is 0 Å². The van der Waals surface area contributed by atoms with Crippen LogP contribution < -0.4 is 5.56 Å². The van der Waals surface area contributed by atoms with E-state index in [1.807, 2.05) is 48.0 Å². The van der Waals surface area contributed by atoms with Gasteiger partial charge in [-0.05, 0) is 38.0 Å². The van der Waals surface area contributed by atoms with Crippen LogP contribution in [0.2, 0.25) is 0 Å². The summed E-state index contributed by atoms with van der Waals surface area (Å²) < 4.78 is 1.88. The first-order valence-electron chi connectivity index (χ1n) is 7.37. The third-order valence-electron chi connectivity index (χ3n) is 3.65. The molecule has 0 bridgehead atoms. The van der Waals surface area contributed by atoms with Crippen LogP contribution in [-0.2, 0) is 6.42 Å². The summed E-state index contributed by atoms with van der Waals surface area (Å²) in [6.45, 7) is 4.04. The largest absolute Gasteiger partial charge is 0.326 e. The summed E-state index contributed by atoms with van der Waals surface area (Å²) in [6.07, 6.45) is 2.96. The highest BCUT2D eigenvalue weighted by atomic mass is 16.1. The van der Waals surface area contributed by atoms with Gasteiger partial charge in [-0.2, -0.15) is 5.10 Å². The molecule has 1 aromatic carbocycles. The van der Waals surface area contributed by atoms with E-state index in [2.05, 4.69) is 11.9 Å². The molecular weight excluding hydrogens is 262 g/mol. The number of aryl methyl sites for hydroxylation is 2. The molecule has 4 heteroatoms. The maximum Gasteiger partial charge on any atom is 0.259 e. The van der Waals surface area contributed by atoms with Gasteiger partial charge in [-0.3, -0.25) is 4.79 Å². The minimum absolute atomic E-state index is 0.0433. The van der Waals surface area contributed by atoms with Gasteiger partial charge in [0.25, 0.3) is 5.56 Å². The van der Waals surface area contributed by atoms with Crippen LogP contribution in [0.5, 0.6) is 0 Å². The fraction of sp³-hybridized carbons (Fsp3) is 0.294. The number of H-pyrrole nitrogens is 1. The SMILES string of the molecule is CCCCc1nn(-c2ccccc2)c2cc(C)[nH]c(=O)c12. The molecule has 0 fully saturated rings. The van der Waals surface area contributed by atoms with Crippen molar-refractivity contribution in [1.29, 1.82) is 0 Å². The number of fused-ring (bicyclic) bond motifs is 1. The Hall–Kier alpha value is -2.36. The Labute approximate surface area is 123 Å². The Morgan fingerprint density at radius 1 is 1.24 bits per heavy atom. The van der Waals surface area contributed by atoms with Crippen molar-refractivity contribution in [3.8, 4) is 5.69 Å². The normalized spacial score (nSPS) is 11.1. The van der Waals surface area contributed by atoms with E-state index >= 15 is 0 Å². The number of benzene rings is 1. The molecule has 3 rings (SSSR count). The van der Waals surface area contributed by atoms with Gasteiger partial charge in [0.15, 0.2) is 0 Å². The Bertz CT molecular complexity index is 815. The number of rotatable bonds is 4. The van der Waals surface area contributed by atoms with Crippen molar-refractivity contribution in [2.75, 3.05) is 0 Å². The highest BCUT2D eigenvalue weighted by molar-refractivity contribution is 5.82. The summed E-state index contributed by atoms with van der Waals surface area (Å²) in [5.74, 6) is 0. The number of hydrogen-bond donors (Lipinski definition) is 1. The number of unbranched alkanes of at least 4 members (excludes halogenated alkanes) is 1. The van der Waals surface area contributed by atoms with Crippen molar-refractivity contribution >= 4 is 10.9 Å². The van der Waals surface area contributed by atoms with E-state index in [-0.39, 0.29) is 5.56 Å². The van der Waals surface area contributed by atoms with Crippen LogP contribution in [0.25, 0.3) is 16.6 Å². The lowest BCUT2D eigenvalue weighted by Crippen LogP contribution is -2.08. The smallest absolute Gasteiger partial charge is 0.259 e.